The summed E-state index contributed by atoms with van der Waals surface area (Å²) in [6.07, 6.45) is 0. The summed E-state index contributed by atoms with van der Waals surface area (Å²) in [6, 6.07) is 8.19. The molecule has 0 saturated carbocycles. The molecule has 0 spiro atoms. The number of aryl methyl sites for hydroxylation is 1. The van der Waals surface area contributed by atoms with Crippen LogP contribution in [0, 0.1) is 12.8 Å². The number of amides is 1. The van der Waals surface area contributed by atoms with Gasteiger partial charge in [-0.3, -0.25) is 4.79 Å². The Morgan fingerprint density at radius 3 is 2.38 bits per heavy atom. The fourth-order valence-electron chi connectivity index (χ4n) is 1.40. The third-order valence-corrected chi connectivity index (χ3v) is 2.74. The molecule has 0 bridgehead atoms. The van der Waals surface area contributed by atoms with Crippen molar-refractivity contribution in [2.45, 2.75) is 26.8 Å². The standard InChI is InChI=1S/C13H20N2O/c1-9-4-6-12(7-5-9)11(3)15-13(16)10(2)8-14/h4-7,10-11H,8,14H2,1-3H3,(H,15,16)/t10?,11-/m0/s1. The van der Waals surface area contributed by atoms with E-state index >= 15 is 0 Å². The van der Waals surface area contributed by atoms with Crippen LogP contribution < -0.4 is 11.1 Å². The zero-order chi connectivity index (χ0) is 12.1. The van der Waals surface area contributed by atoms with Crippen molar-refractivity contribution in [2.24, 2.45) is 11.7 Å². The highest BCUT2D eigenvalue weighted by Gasteiger charge is 2.14. The second-order valence-corrected chi connectivity index (χ2v) is 4.28. The number of hydrogen-bond donors (Lipinski definition) is 2. The number of nitrogens with two attached hydrogens (primary N) is 1. The molecule has 1 aromatic carbocycles. The highest BCUT2D eigenvalue weighted by atomic mass is 16.1. The van der Waals surface area contributed by atoms with Crippen LogP contribution >= 0.6 is 0 Å². The molecule has 0 aromatic heterocycles. The molecule has 0 heterocycles. The van der Waals surface area contributed by atoms with Gasteiger partial charge in [0, 0.05) is 12.5 Å². The Morgan fingerprint density at radius 2 is 1.88 bits per heavy atom. The molecule has 88 valence electrons. The first kappa shape index (κ1) is 12.7. The van der Waals surface area contributed by atoms with Crippen LogP contribution in [-0.2, 0) is 4.79 Å². The Labute approximate surface area is 97.0 Å². The molecule has 0 radical (unpaired) electrons. The highest BCUT2D eigenvalue weighted by Crippen LogP contribution is 2.13. The van der Waals surface area contributed by atoms with Crippen molar-refractivity contribution in [2.75, 3.05) is 6.54 Å². The van der Waals surface area contributed by atoms with Crippen LogP contribution in [0.2, 0.25) is 0 Å². The van der Waals surface area contributed by atoms with Gasteiger partial charge in [0.05, 0.1) is 6.04 Å². The lowest BCUT2D eigenvalue weighted by atomic mass is 10.1. The Kier molecular flexibility index (Phi) is 4.50. The molecule has 3 nitrogen and oxygen atoms in total. The number of carbonyl (C=O) groups excluding carboxylic acids is 1. The minimum atomic E-state index is -0.132. The molecule has 0 saturated heterocycles. The first-order valence-electron chi connectivity index (χ1n) is 5.61. The van der Waals surface area contributed by atoms with Crippen molar-refractivity contribution < 1.29 is 4.79 Å². The third kappa shape index (κ3) is 3.35. The molecule has 2 atom stereocenters. The first-order valence-corrected chi connectivity index (χ1v) is 5.61. The van der Waals surface area contributed by atoms with E-state index in [1.165, 1.54) is 5.56 Å². The van der Waals surface area contributed by atoms with Crippen LogP contribution in [0.3, 0.4) is 0 Å². The molecule has 3 N–H and O–H groups in total. The van der Waals surface area contributed by atoms with Gasteiger partial charge in [0.1, 0.15) is 0 Å². The molecule has 1 rings (SSSR count). The van der Waals surface area contributed by atoms with E-state index in [1.807, 2.05) is 45.0 Å². The highest BCUT2D eigenvalue weighted by molar-refractivity contribution is 5.78. The van der Waals surface area contributed by atoms with E-state index in [-0.39, 0.29) is 17.9 Å². The summed E-state index contributed by atoms with van der Waals surface area (Å²) in [6.45, 7) is 6.24. The zero-order valence-corrected chi connectivity index (χ0v) is 10.2. The first-order chi connectivity index (χ1) is 7.54. The fourth-order valence-corrected chi connectivity index (χ4v) is 1.40. The van der Waals surface area contributed by atoms with E-state index in [0.717, 1.165) is 5.56 Å². The molecular weight excluding hydrogens is 200 g/mol. The summed E-state index contributed by atoms with van der Waals surface area (Å²) in [5, 5.41) is 2.95. The van der Waals surface area contributed by atoms with Crippen LogP contribution in [0.25, 0.3) is 0 Å². The topological polar surface area (TPSA) is 55.1 Å². The van der Waals surface area contributed by atoms with Gasteiger partial charge in [-0.15, -0.1) is 0 Å². The van der Waals surface area contributed by atoms with Crippen molar-refractivity contribution >= 4 is 5.91 Å². The van der Waals surface area contributed by atoms with E-state index in [2.05, 4.69) is 5.32 Å². The van der Waals surface area contributed by atoms with E-state index in [0.29, 0.717) is 6.54 Å². The second kappa shape index (κ2) is 5.66. The average Bonchev–Trinajstić information content (AvgIpc) is 2.28. The molecule has 16 heavy (non-hydrogen) atoms. The van der Waals surface area contributed by atoms with Gasteiger partial charge < -0.3 is 11.1 Å². The molecule has 1 unspecified atom stereocenters. The predicted octanol–water partition coefficient (Wildman–Crippen LogP) is 1.77. The Bertz CT molecular complexity index is 345. The van der Waals surface area contributed by atoms with E-state index in [9.17, 15) is 4.79 Å². The zero-order valence-electron chi connectivity index (χ0n) is 10.2. The van der Waals surface area contributed by atoms with E-state index < -0.39 is 0 Å². The van der Waals surface area contributed by atoms with Gasteiger partial charge in [-0.05, 0) is 19.4 Å². The molecule has 0 aliphatic heterocycles. The Morgan fingerprint density at radius 1 is 1.31 bits per heavy atom. The van der Waals surface area contributed by atoms with Gasteiger partial charge in [0.2, 0.25) is 5.91 Å². The largest absolute Gasteiger partial charge is 0.349 e. The molecule has 3 heteroatoms. The summed E-state index contributed by atoms with van der Waals surface area (Å²) in [7, 11) is 0. The Hall–Kier alpha value is -1.35. The van der Waals surface area contributed by atoms with Gasteiger partial charge in [-0.25, -0.2) is 0 Å². The minimum absolute atomic E-state index is 0.00979. The van der Waals surface area contributed by atoms with Crippen molar-refractivity contribution in [1.29, 1.82) is 0 Å². The van der Waals surface area contributed by atoms with Crippen LogP contribution in [0.5, 0.6) is 0 Å². The number of nitrogens with one attached hydrogen (secondary N) is 1. The molecule has 1 aromatic rings. The normalized spacial score (nSPS) is 14.2. The minimum Gasteiger partial charge on any atom is -0.349 e. The summed E-state index contributed by atoms with van der Waals surface area (Å²) >= 11 is 0. The van der Waals surface area contributed by atoms with E-state index in [4.69, 9.17) is 5.73 Å². The van der Waals surface area contributed by atoms with Crippen LogP contribution in [0.15, 0.2) is 24.3 Å². The summed E-state index contributed by atoms with van der Waals surface area (Å²) in [5.74, 6) is -0.122. The number of carbonyl (C=O) groups is 1. The van der Waals surface area contributed by atoms with Gasteiger partial charge >= 0.3 is 0 Å². The van der Waals surface area contributed by atoms with Gasteiger partial charge in [0.25, 0.3) is 0 Å². The van der Waals surface area contributed by atoms with Gasteiger partial charge in [-0.2, -0.15) is 0 Å². The molecular formula is C13H20N2O. The maximum absolute atomic E-state index is 11.6. The lowest BCUT2D eigenvalue weighted by Gasteiger charge is -2.17. The summed E-state index contributed by atoms with van der Waals surface area (Å²) < 4.78 is 0. The van der Waals surface area contributed by atoms with Crippen molar-refractivity contribution in [3.8, 4) is 0 Å². The SMILES string of the molecule is Cc1ccc([C@H](C)NC(=O)C(C)CN)cc1. The molecule has 0 aliphatic rings. The van der Waals surface area contributed by atoms with Crippen LogP contribution in [0.1, 0.15) is 31.0 Å². The van der Waals surface area contributed by atoms with Gasteiger partial charge in [0.15, 0.2) is 0 Å². The fraction of sp³-hybridized carbons (Fsp3) is 0.462. The van der Waals surface area contributed by atoms with Crippen LogP contribution in [0.4, 0.5) is 0 Å². The van der Waals surface area contributed by atoms with E-state index in [1.54, 1.807) is 0 Å². The average molecular weight is 220 g/mol. The lowest BCUT2D eigenvalue weighted by molar-refractivity contribution is -0.124. The van der Waals surface area contributed by atoms with Crippen molar-refractivity contribution in [3.63, 3.8) is 0 Å². The number of hydrogen-bond acceptors (Lipinski definition) is 2. The second-order valence-electron chi connectivity index (χ2n) is 4.28. The summed E-state index contributed by atoms with van der Waals surface area (Å²) in [4.78, 5) is 11.6. The monoisotopic (exact) mass is 220 g/mol. The smallest absolute Gasteiger partial charge is 0.224 e. The summed E-state index contributed by atoms with van der Waals surface area (Å²) in [5.41, 5.74) is 7.78. The molecule has 0 fully saturated rings. The third-order valence-electron chi connectivity index (χ3n) is 2.74. The number of rotatable bonds is 4. The maximum atomic E-state index is 11.6. The maximum Gasteiger partial charge on any atom is 0.224 e. The molecule has 0 aliphatic carbocycles. The Balaban J connectivity index is 2.62. The van der Waals surface area contributed by atoms with Crippen LogP contribution in [-0.4, -0.2) is 12.5 Å². The quantitative estimate of drug-likeness (QED) is 0.812. The predicted molar refractivity (Wildman–Crippen MR) is 66.0 cm³/mol. The molecule has 1 amide bonds. The van der Waals surface area contributed by atoms with Crippen molar-refractivity contribution in [1.82, 2.24) is 5.32 Å². The van der Waals surface area contributed by atoms with Gasteiger partial charge in [-0.1, -0.05) is 36.8 Å². The number of benzene rings is 1. The van der Waals surface area contributed by atoms with Crippen molar-refractivity contribution in [3.05, 3.63) is 35.4 Å². The lowest BCUT2D eigenvalue weighted by Crippen LogP contribution is -2.34.